The summed E-state index contributed by atoms with van der Waals surface area (Å²) < 4.78 is 11.8. The number of carbonyl (C=O) groups is 3. The van der Waals surface area contributed by atoms with Crippen molar-refractivity contribution in [3.8, 4) is 0 Å². The highest BCUT2D eigenvalue weighted by Gasteiger charge is 2.37. The van der Waals surface area contributed by atoms with Crippen LogP contribution in [0.5, 0.6) is 0 Å². The van der Waals surface area contributed by atoms with Crippen LogP contribution in [0, 0.1) is 6.92 Å². The second-order valence-electron chi connectivity index (χ2n) is 6.15. The van der Waals surface area contributed by atoms with E-state index in [0.29, 0.717) is 5.69 Å². The number of rotatable bonds is 2. The van der Waals surface area contributed by atoms with E-state index in [1.807, 2.05) is 0 Å². The Kier molecular flexibility index (Phi) is 3.73. The van der Waals surface area contributed by atoms with Crippen molar-refractivity contribution in [1.29, 1.82) is 0 Å². The molecule has 0 spiro atoms. The minimum Gasteiger partial charge on any atom is -0.492 e. The molecule has 6 heteroatoms. The molecule has 0 aromatic carbocycles. The van der Waals surface area contributed by atoms with Gasteiger partial charge < -0.3 is 14.0 Å². The topological polar surface area (TPSA) is 74.6 Å². The molecule has 0 saturated heterocycles. The van der Waals surface area contributed by atoms with Gasteiger partial charge in [-0.1, -0.05) is 0 Å². The minimum absolute atomic E-state index is 0.0335. The fourth-order valence-corrected chi connectivity index (χ4v) is 2.41. The van der Waals surface area contributed by atoms with Crippen LogP contribution in [0.1, 0.15) is 57.7 Å². The lowest BCUT2D eigenvalue weighted by Crippen LogP contribution is -2.26. The standard InChI is InChI=1S/C16H19NO5/c1-8-11(15(20)22-16(2,3)4)12-9(18)7-10(21-6)14(19)13(12)17(8)5/h7H,1-6H3. The van der Waals surface area contributed by atoms with E-state index in [1.165, 1.54) is 11.7 Å². The Bertz CT molecular complexity index is 716. The van der Waals surface area contributed by atoms with Gasteiger partial charge in [-0.25, -0.2) is 4.79 Å². The Morgan fingerprint density at radius 2 is 1.82 bits per heavy atom. The molecule has 0 bridgehead atoms. The zero-order valence-electron chi connectivity index (χ0n) is 13.6. The van der Waals surface area contributed by atoms with Crippen LogP contribution >= 0.6 is 0 Å². The monoisotopic (exact) mass is 305 g/mol. The third kappa shape index (κ3) is 2.45. The number of carbonyl (C=O) groups excluding carboxylic acids is 3. The predicted octanol–water partition coefficient (Wildman–Crippen LogP) is 2.20. The molecule has 1 heterocycles. The van der Waals surface area contributed by atoms with Crippen molar-refractivity contribution < 1.29 is 23.9 Å². The summed E-state index contributed by atoms with van der Waals surface area (Å²) in [6, 6.07) is 0. The molecule has 0 aliphatic heterocycles. The van der Waals surface area contributed by atoms with Crippen molar-refractivity contribution >= 4 is 17.5 Å². The highest BCUT2D eigenvalue weighted by molar-refractivity contribution is 6.26. The molecule has 22 heavy (non-hydrogen) atoms. The van der Waals surface area contributed by atoms with E-state index in [1.54, 1.807) is 34.7 Å². The lowest BCUT2D eigenvalue weighted by molar-refractivity contribution is 0.00671. The van der Waals surface area contributed by atoms with Gasteiger partial charge in [0.25, 0.3) is 0 Å². The first-order valence-electron chi connectivity index (χ1n) is 6.85. The molecule has 2 rings (SSSR count). The molecule has 1 aromatic rings. The summed E-state index contributed by atoms with van der Waals surface area (Å²) in [4.78, 5) is 37.1. The zero-order chi connectivity index (χ0) is 16.8. The maximum Gasteiger partial charge on any atom is 0.341 e. The Morgan fingerprint density at radius 3 is 2.32 bits per heavy atom. The van der Waals surface area contributed by atoms with Gasteiger partial charge in [0.05, 0.1) is 18.2 Å². The number of hydrogen-bond acceptors (Lipinski definition) is 5. The van der Waals surface area contributed by atoms with Gasteiger partial charge in [0, 0.05) is 18.8 Å². The van der Waals surface area contributed by atoms with Crippen LogP contribution in [-0.2, 0) is 16.5 Å². The van der Waals surface area contributed by atoms with Crippen LogP contribution in [-0.4, -0.2) is 34.8 Å². The normalized spacial score (nSPS) is 14.5. The number of allylic oxidation sites excluding steroid dienone is 2. The molecular weight excluding hydrogens is 286 g/mol. The van der Waals surface area contributed by atoms with Crippen LogP contribution in [0.3, 0.4) is 0 Å². The maximum atomic E-state index is 12.4. The fourth-order valence-electron chi connectivity index (χ4n) is 2.41. The average Bonchev–Trinajstić information content (AvgIpc) is 2.65. The van der Waals surface area contributed by atoms with Crippen LogP contribution < -0.4 is 0 Å². The number of nitrogens with zero attached hydrogens (tertiary/aromatic N) is 1. The Labute approximate surface area is 128 Å². The number of esters is 1. The number of ether oxygens (including phenoxy) is 2. The highest BCUT2D eigenvalue weighted by atomic mass is 16.6. The summed E-state index contributed by atoms with van der Waals surface area (Å²) in [5.41, 5.74) is 0.188. The van der Waals surface area contributed by atoms with E-state index < -0.39 is 23.1 Å². The predicted molar refractivity (Wildman–Crippen MR) is 79.1 cm³/mol. The lowest BCUT2D eigenvalue weighted by atomic mass is 9.96. The van der Waals surface area contributed by atoms with Gasteiger partial charge >= 0.3 is 5.97 Å². The van der Waals surface area contributed by atoms with Crippen molar-refractivity contribution in [2.24, 2.45) is 7.05 Å². The average molecular weight is 305 g/mol. The third-order valence-electron chi connectivity index (χ3n) is 3.46. The van der Waals surface area contributed by atoms with Gasteiger partial charge in [0.2, 0.25) is 5.78 Å². The number of ketones is 2. The molecule has 1 aliphatic carbocycles. The fraction of sp³-hybridized carbons (Fsp3) is 0.438. The van der Waals surface area contributed by atoms with E-state index in [0.717, 1.165) is 6.08 Å². The number of methoxy groups -OCH3 is 1. The molecule has 0 fully saturated rings. The van der Waals surface area contributed by atoms with Crippen molar-refractivity contribution in [2.75, 3.05) is 7.11 Å². The van der Waals surface area contributed by atoms with Crippen molar-refractivity contribution in [2.45, 2.75) is 33.3 Å². The van der Waals surface area contributed by atoms with Crippen molar-refractivity contribution in [3.63, 3.8) is 0 Å². The number of hydrogen-bond donors (Lipinski definition) is 0. The SMILES string of the molecule is COC1=CC(=O)c2c(C(=O)OC(C)(C)C)c(C)n(C)c2C1=O. The molecule has 0 amide bonds. The molecule has 6 nitrogen and oxygen atoms in total. The van der Waals surface area contributed by atoms with Crippen molar-refractivity contribution in [1.82, 2.24) is 4.57 Å². The molecule has 1 aromatic heterocycles. The van der Waals surface area contributed by atoms with Gasteiger partial charge in [0.15, 0.2) is 11.5 Å². The van der Waals surface area contributed by atoms with Gasteiger partial charge in [-0.05, 0) is 27.7 Å². The van der Waals surface area contributed by atoms with Gasteiger partial charge in [-0.15, -0.1) is 0 Å². The van der Waals surface area contributed by atoms with Crippen molar-refractivity contribution in [3.05, 3.63) is 34.3 Å². The molecular formula is C16H19NO5. The summed E-state index contributed by atoms with van der Waals surface area (Å²) >= 11 is 0. The molecule has 0 unspecified atom stereocenters. The van der Waals surface area contributed by atoms with Crippen LogP contribution in [0.15, 0.2) is 11.8 Å². The Hall–Kier alpha value is -2.37. The summed E-state index contributed by atoms with van der Waals surface area (Å²) in [6.07, 6.45) is 1.11. The van der Waals surface area contributed by atoms with Crippen LogP contribution in [0.2, 0.25) is 0 Å². The lowest BCUT2D eigenvalue weighted by Gasteiger charge is -2.20. The van der Waals surface area contributed by atoms with E-state index >= 15 is 0 Å². The smallest absolute Gasteiger partial charge is 0.341 e. The molecule has 0 N–H and O–H groups in total. The number of Topliss-reactive ketones (excluding diaryl/α,β-unsaturated/α-hetero) is 1. The number of fused-ring (bicyclic) bond motifs is 1. The molecule has 0 atom stereocenters. The quantitative estimate of drug-likeness (QED) is 0.783. The molecule has 1 aliphatic rings. The Morgan fingerprint density at radius 1 is 1.23 bits per heavy atom. The highest BCUT2D eigenvalue weighted by Crippen LogP contribution is 2.30. The first-order valence-corrected chi connectivity index (χ1v) is 6.85. The van der Waals surface area contributed by atoms with Crippen LogP contribution in [0.4, 0.5) is 0 Å². The zero-order valence-corrected chi connectivity index (χ0v) is 13.6. The van der Waals surface area contributed by atoms with E-state index in [-0.39, 0.29) is 22.6 Å². The summed E-state index contributed by atoms with van der Waals surface area (Å²) in [7, 11) is 2.96. The van der Waals surface area contributed by atoms with E-state index in [2.05, 4.69) is 0 Å². The first kappa shape index (κ1) is 16.0. The molecule has 0 radical (unpaired) electrons. The van der Waals surface area contributed by atoms with Gasteiger partial charge in [-0.3, -0.25) is 9.59 Å². The summed E-state index contributed by atoms with van der Waals surface area (Å²) in [5, 5.41) is 0. The van der Waals surface area contributed by atoms with Gasteiger partial charge in [0.1, 0.15) is 11.3 Å². The summed E-state index contributed by atoms with van der Waals surface area (Å²) in [6.45, 7) is 6.90. The van der Waals surface area contributed by atoms with Crippen LogP contribution in [0.25, 0.3) is 0 Å². The Balaban J connectivity index is 2.64. The maximum absolute atomic E-state index is 12.4. The van der Waals surface area contributed by atoms with E-state index in [4.69, 9.17) is 9.47 Å². The minimum atomic E-state index is -0.693. The summed E-state index contributed by atoms with van der Waals surface area (Å²) in [5.74, 6) is -1.50. The number of aromatic nitrogens is 1. The molecule has 0 saturated carbocycles. The second-order valence-corrected chi connectivity index (χ2v) is 6.15. The third-order valence-corrected chi connectivity index (χ3v) is 3.46. The first-order chi connectivity index (χ1) is 10.1. The van der Waals surface area contributed by atoms with Gasteiger partial charge in [-0.2, -0.15) is 0 Å². The molecule has 118 valence electrons. The second kappa shape index (κ2) is 5.12. The van der Waals surface area contributed by atoms with E-state index in [9.17, 15) is 14.4 Å². The largest absolute Gasteiger partial charge is 0.492 e.